The number of hydrogen-bond acceptors (Lipinski definition) is 4. The summed E-state index contributed by atoms with van der Waals surface area (Å²) in [6, 6.07) is 14.8. The molecule has 0 saturated heterocycles. The van der Waals surface area contributed by atoms with Gasteiger partial charge in [0.25, 0.3) is 11.8 Å². The second-order valence-corrected chi connectivity index (χ2v) is 6.78. The van der Waals surface area contributed by atoms with E-state index in [4.69, 9.17) is 16.3 Å². The lowest BCUT2D eigenvalue weighted by atomic mass is 10.2. The van der Waals surface area contributed by atoms with E-state index in [1.807, 2.05) is 43.3 Å². The first-order valence-electron chi connectivity index (χ1n) is 7.50. The third kappa shape index (κ3) is 4.10. The van der Waals surface area contributed by atoms with Crippen molar-refractivity contribution in [1.82, 2.24) is 10.9 Å². The molecule has 0 fully saturated rings. The minimum absolute atomic E-state index is 0.205. The van der Waals surface area contributed by atoms with Crippen LogP contribution >= 0.6 is 22.9 Å². The molecule has 0 saturated carbocycles. The van der Waals surface area contributed by atoms with Crippen LogP contribution in [0.3, 0.4) is 0 Å². The fourth-order valence-corrected chi connectivity index (χ4v) is 3.58. The number of halogens is 1. The molecule has 1 aromatic heterocycles. The lowest BCUT2D eigenvalue weighted by Gasteiger charge is -2.08. The quantitative estimate of drug-likeness (QED) is 0.684. The highest BCUT2D eigenvalue weighted by molar-refractivity contribution is 7.21. The van der Waals surface area contributed by atoms with E-state index in [1.165, 1.54) is 11.3 Å². The minimum Gasteiger partial charge on any atom is -0.484 e. The molecule has 0 unspecified atom stereocenters. The van der Waals surface area contributed by atoms with Crippen molar-refractivity contribution in [1.29, 1.82) is 0 Å². The van der Waals surface area contributed by atoms with Crippen LogP contribution in [0.1, 0.15) is 15.2 Å². The summed E-state index contributed by atoms with van der Waals surface area (Å²) in [5.41, 5.74) is 5.77. The Balaban J connectivity index is 1.55. The molecule has 0 aliphatic carbocycles. The molecular weight excluding hydrogens is 360 g/mol. The Labute approximate surface area is 153 Å². The number of thiophene rings is 1. The van der Waals surface area contributed by atoms with Crippen molar-refractivity contribution in [2.24, 2.45) is 0 Å². The molecule has 7 heteroatoms. The molecule has 0 aliphatic rings. The van der Waals surface area contributed by atoms with Crippen LogP contribution in [0, 0.1) is 6.92 Å². The average molecular weight is 375 g/mol. The molecule has 0 spiro atoms. The number of carbonyl (C=O) groups is 2. The predicted molar refractivity (Wildman–Crippen MR) is 99.1 cm³/mol. The van der Waals surface area contributed by atoms with E-state index >= 15 is 0 Å². The van der Waals surface area contributed by atoms with Crippen LogP contribution in [0.25, 0.3) is 10.1 Å². The minimum atomic E-state index is -0.467. The first kappa shape index (κ1) is 17.3. The summed E-state index contributed by atoms with van der Waals surface area (Å²) in [5.74, 6) is -0.347. The molecular formula is C18H15ClN2O3S. The number of amides is 2. The highest BCUT2D eigenvalue weighted by atomic mass is 35.5. The standard InChI is InChI=1S/C18H15ClN2O3S/c1-11-6-8-12(9-7-11)24-10-15(22)20-21-18(23)17-16(19)13-4-2-3-5-14(13)25-17/h2-9H,10H2,1H3,(H,20,22)(H,21,23). The van der Waals surface area contributed by atoms with Gasteiger partial charge in [-0.1, -0.05) is 47.5 Å². The molecule has 0 aliphatic heterocycles. The van der Waals surface area contributed by atoms with Gasteiger partial charge in [0, 0.05) is 10.1 Å². The number of ether oxygens (including phenoxy) is 1. The van der Waals surface area contributed by atoms with Crippen molar-refractivity contribution in [3.05, 3.63) is 64.0 Å². The van der Waals surface area contributed by atoms with Gasteiger partial charge in [-0.05, 0) is 25.1 Å². The number of hydrogen-bond donors (Lipinski definition) is 2. The second-order valence-electron chi connectivity index (χ2n) is 5.35. The van der Waals surface area contributed by atoms with Crippen LogP contribution in [-0.2, 0) is 4.79 Å². The number of nitrogens with one attached hydrogen (secondary N) is 2. The molecule has 0 radical (unpaired) electrons. The Morgan fingerprint density at radius 1 is 1.08 bits per heavy atom. The van der Waals surface area contributed by atoms with Crippen molar-refractivity contribution in [3.63, 3.8) is 0 Å². The van der Waals surface area contributed by atoms with Crippen LogP contribution in [0.2, 0.25) is 5.02 Å². The largest absolute Gasteiger partial charge is 0.484 e. The molecule has 3 rings (SSSR count). The van der Waals surface area contributed by atoms with Gasteiger partial charge < -0.3 is 4.74 Å². The van der Waals surface area contributed by atoms with E-state index in [2.05, 4.69) is 10.9 Å². The van der Waals surface area contributed by atoms with Crippen molar-refractivity contribution in [2.75, 3.05) is 6.61 Å². The maximum atomic E-state index is 12.2. The van der Waals surface area contributed by atoms with Gasteiger partial charge in [-0.15, -0.1) is 11.3 Å². The monoisotopic (exact) mass is 374 g/mol. The fraction of sp³-hybridized carbons (Fsp3) is 0.111. The van der Waals surface area contributed by atoms with Gasteiger partial charge in [0.1, 0.15) is 10.6 Å². The third-order valence-electron chi connectivity index (χ3n) is 3.45. The van der Waals surface area contributed by atoms with Crippen LogP contribution in [0.15, 0.2) is 48.5 Å². The summed E-state index contributed by atoms with van der Waals surface area (Å²) in [5, 5.41) is 1.19. The van der Waals surface area contributed by atoms with Gasteiger partial charge in [-0.25, -0.2) is 0 Å². The molecule has 3 aromatic rings. The van der Waals surface area contributed by atoms with Crippen molar-refractivity contribution in [3.8, 4) is 5.75 Å². The van der Waals surface area contributed by atoms with Gasteiger partial charge in [0.2, 0.25) is 0 Å². The Morgan fingerprint density at radius 3 is 2.52 bits per heavy atom. The summed E-state index contributed by atoms with van der Waals surface area (Å²) in [6.45, 7) is 1.76. The Hall–Kier alpha value is -2.57. The molecule has 2 amide bonds. The number of aryl methyl sites for hydroxylation is 1. The van der Waals surface area contributed by atoms with Crippen molar-refractivity contribution < 1.29 is 14.3 Å². The average Bonchev–Trinajstić information content (AvgIpc) is 2.96. The topological polar surface area (TPSA) is 67.4 Å². The number of rotatable bonds is 4. The zero-order chi connectivity index (χ0) is 17.8. The molecule has 0 bridgehead atoms. The van der Waals surface area contributed by atoms with Gasteiger partial charge in [-0.3, -0.25) is 20.4 Å². The summed E-state index contributed by atoms with van der Waals surface area (Å²) in [7, 11) is 0. The van der Waals surface area contributed by atoms with E-state index in [0.717, 1.165) is 15.6 Å². The highest BCUT2D eigenvalue weighted by Crippen LogP contribution is 2.34. The van der Waals surface area contributed by atoms with Crippen molar-refractivity contribution in [2.45, 2.75) is 6.92 Å². The SMILES string of the molecule is Cc1ccc(OCC(=O)NNC(=O)c2sc3ccccc3c2Cl)cc1. The van der Waals surface area contributed by atoms with Gasteiger partial charge in [-0.2, -0.15) is 0 Å². The fourth-order valence-electron chi connectivity index (χ4n) is 2.16. The smallest absolute Gasteiger partial charge is 0.281 e. The maximum Gasteiger partial charge on any atom is 0.281 e. The Kier molecular flexibility index (Phi) is 5.21. The molecule has 2 aromatic carbocycles. The lowest BCUT2D eigenvalue weighted by Crippen LogP contribution is -2.43. The molecule has 25 heavy (non-hydrogen) atoms. The Bertz CT molecular complexity index is 922. The van der Waals surface area contributed by atoms with Gasteiger partial charge in [0.15, 0.2) is 6.61 Å². The third-order valence-corrected chi connectivity index (χ3v) is 5.12. The normalized spacial score (nSPS) is 10.5. The number of carbonyl (C=O) groups excluding carboxylic acids is 2. The van der Waals surface area contributed by atoms with E-state index in [0.29, 0.717) is 15.6 Å². The van der Waals surface area contributed by atoms with Gasteiger partial charge in [0.05, 0.1) is 5.02 Å². The maximum absolute atomic E-state index is 12.2. The first-order valence-corrected chi connectivity index (χ1v) is 8.70. The molecule has 1 heterocycles. The van der Waals surface area contributed by atoms with Crippen LogP contribution in [0.4, 0.5) is 0 Å². The van der Waals surface area contributed by atoms with E-state index in [-0.39, 0.29) is 6.61 Å². The number of hydrazine groups is 1. The van der Waals surface area contributed by atoms with E-state index in [1.54, 1.807) is 12.1 Å². The molecule has 2 N–H and O–H groups in total. The summed E-state index contributed by atoms with van der Waals surface area (Å²) < 4.78 is 6.25. The van der Waals surface area contributed by atoms with Crippen molar-refractivity contribution >= 4 is 44.8 Å². The van der Waals surface area contributed by atoms with Crippen LogP contribution < -0.4 is 15.6 Å². The summed E-state index contributed by atoms with van der Waals surface area (Å²) >= 11 is 7.50. The second kappa shape index (κ2) is 7.55. The zero-order valence-corrected chi connectivity index (χ0v) is 14.9. The van der Waals surface area contributed by atoms with Gasteiger partial charge >= 0.3 is 0 Å². The summed E-state index contributed by atoms with van der Waals surface area (Å²) in [4.78, 5) is 24.4. The van der Waals surface area contributed by atoms with E-state index < -0.39 is 11.8 Å². The Morgan fingerprint density at radius 2 is 1.80 bits per heavy atom. The van der Waals surface area contributed by atoms with Crippen LogP contribution in [-0.4, -0.2) is 18.4 Å². The summed E-state index contributed by atoms with van der Waals surface area (Å²) in [6.07, 6.45) is 0. The first-order chi connectivity index (χ1) is 12.0. The van der Waals surface area contributed by atoms with E-state index in [9.17, 15) is 9.59 Å². The molecule has 0 atom stereocenters. The van der Waals surface area contributed by atoms with Crippen LogP contribution in [0.5, 0.6) is 5.75 Å². The number of benzene rings is 2. The zero-order valence-electron chi connectivity index (χ0n) is 13.3. The lowest BCUT2D eigenvalue weighted by molar-refractivity contribution is -0.123. The number of fused-ring (bicyclic) bond motifs is 1. The molecule has 5 nitrogen and oxygen atoms in total. The predicted octanol–water partition coefficient (Wildman–Crippen LogP) is 3.70. The highest BCUT2D eigenvalue weighted by Gasteiger charge is 2.17. The molecule has 128 valence electrons.